The molecule has 0 spiro atoms. The van der Waals surface area contributed by atoms with Crippen molar-refractivity contribution in [2.45, 2.75) is 9.79 Å². The van der Waals surface area contributed by atoms with Gasteiger partial charge in [0.15, 0.2) is 0 Å². The van der Waals surface area contributed by atoms with Gasteiger partial charge < -0.3 is 9.13 Å². The third kappa shape index (κ3) is 4.17. The molecule has 0 bridgehead atoms. The highest BCUT2D eigenvalue weighted by Crippen LogP contribution is 2.52. The Bertz CT molecular complexity index is 3310. The maximum Gasteiger partial charge on any atom is 0.0553 e. The molecular formula is C50H30N2S. The van der Waals surface area contributed by atoms with Gasteiger partial charge >= 0.3 is 0 Å². The lowest BCUT2D eigenvalue weighted by atomic mass is 9.94. The van der Waals surface area contributed by atoms with Gasteiger partial charge in [-0.25, -0.2) is 0 Å². The Morgan fingerprint density at radius 3 is 1.89 bits per heavy atom. The minimum absolute atomic E-state index is 1.18. The van der Waals surface area contributed by atoms with Crippen LogP contribution in [0.15, 0.2) is 192 Å². The van der Waals surface area contributed by atoms with E-state index >= 15 is 0 Å². The summed E-state index contributed by atoms with van der Waals surface area (Å²) in [6, 6.07) is 67.2. The van der Waals surface area contributed by atoms with Gasteiger partial charge in [-0.05, 0) is 99.1 Å². The van der Waals surface area contributed by atoms with Crippen molar-refractivity contribution in [3.63, 3.8) is 0 Å². The molecule has 0 radical (unpaired) electrons. The average molecular weight is 691 g/mol. The average Bonchev–Trinajstić information content (AvgIpc) is 3.73. The minimum Gasteiger partial charge on any atom is -0.309 e. The number of nitrogens with zero attached hydrogens (tertiary/aromatic N) is 2. The van der Waals surface area contributed by atoms with Crippen LogP contribution in [-0.2, 0) is 0 Å². The summed E-state index contributed by atoms with van der Waals surface area (Å²) in [4.78, 5) is 2.59. The summed E-state index contributed by atoms with van der Waals surface area (Å²) in [5, 5.41) is 10.3. The molecule has 0 saturated carbocycles. The quantitative estimate of drug-likeness (QED) is 0.179. The molecule has 3 heterocycles. The molecule has 0 atom stereocenters. The van der Waals surface area contributed by atoms with E-state index in [-0.39, 0.29) is 0 Å². The van der Waals surface area contributed by atoms with Crippen LogP contribution < -0.4 is 0 Å². The van der Waals surface area contributed by atoms with E-state index in [1.54, 1.807) is 0 Å². The molecule has 246 valence electrons. The predicted octanol–water partition coefficient (Wildman–Crippen LogP) is 14.0. The number of hydrogen-bond donors (Lipinski definition) is 0. The second-order valence-corrected chi connectivity index (χ2v) is 15.2. The molecule has 0 unspecified atom stereocenters. The normalized spacial score (nSPS) is 12.5. The van der Waals surface area contributed by atoms with Crippen molar-refractivity contribution in [3.8, 4) is 33.6 Å². The van der Waals surface area contributed by atoms with Crippen LogP contribution >= 0.6 is 11.8 Å². The molecule has 3 heteroatoms. The van der Waals surface area contributed by atoms with Crippen LogP contribution in [0.2, 0.25) is 0 Å². The number of aromatic nitrogens is 2. The molecule has 11 aromatic rings. The summed E-state index contributed by atoms with van der Waals surface area (Å²) in [6.07, 6.45) is 0. The summed E-state index contributed by atoms with van der Waals surface area (Å²) in [5.74, 6) is 0. The molecule has 2 aromatic heterocycles. The Morgan fingerprint density at radius 1 is 0.321 bits per heavy atom. The molecule has 0 N–H and O–H groups in total. The zero-order chi connectivity index (χ0) is 34.6. The molecule has 1 aliphatic heterocycles. The first-order chi connectivity index (χ1) is 26.3. The highest BCUT2D eigenvalue weighted by molar-refractivity contribution is 7.99. The minimum atomic E-state index is 1.18. The summed E-state index contributed by atoms with van der Waals surface area (Å²) in [5.41, 5.74) is 12.3. The Labute approximate surface area is 310 Å². The third-order valence-electron chi connectivity index (χ3n) is 11.3. The maximum atomic E-state index is 2.47. The molecule has 9 aromatic carbocycles. The molecular weight excluding hydrogens is 661 g/mol. The van der Waals surface area contributed by atoms with Gasteiger partial charge in [-0.3, -0.25) is 0 Å². The number of fused-ring (bicyclic) bond motifs is 10. The van der Waals surface area contributed by atoms with E-state index < -0.39 is 0 Å². The summed E-state index contributed by atoms with van der Waals surface area (Å²) in [7, 11) is 0. The van der Waals surface area contributed by atoms with Crippen LogP contribution in [0.3, 0.4) is 0 Å². The first-order valence-electron chi connectivity index (χ1n) is 18.2. The number of para-hydroxylation sites is 2. The van der Waals surface area contributed by atoms with Crippen molar-refractivity contribution in [2.24, 2.45) is 0 Å². The van der Waals surface area contributed by atoms with Crippen molar-refractivity contribution in [1.29, 1.82) is 0 Å². The van der Waals surface area contributed by atoms with Gasteiger partial charge in [-0.2, -0.15) is 0 Å². The smallest absolute Gasteiger partial charge is 0.0553 e. The van der Waals surface area contributed by atoms with E-state index in [2.05, 4.69) is 191 Å². The zero-order valence-electron chi connectivity index (χ0n) is 28.6. The first-order valence-corrected chi connectivity index (χ1v) is 19.0. The number of rotatable bonds is 3. The predicted molar refractivity (Wildman–Crippen MR) is 225 cm³/mol. The Balaban J connectivity index is 1.09. The van der Waals surface area contributed by atoms with Crippen LogP contribution in [0.25, 0.3) is 98.8 Å². The van der Waals surface area contributed by atoms with E-state index in [0.717, 1.165) is 0 Å². The van der Waals surface area contributed by atoms with Gasteiger partial charge in [0.05, 0.1) is 22.1 Å². The fraction of sp³-hybridized carbons (Fsp3) is 0. The summed E-state index contributed by atoms with van der Waals surface area (Å²) in [6.45, 7) is 0. The van der Waals surface area contributed by atoms with Crippen molar-refractivity contribution >= 4 is 76.9 Å². The Kier molecular flexibility index (Phi) is 6.02. The van der Waals surface area contributed by atoms with Gasteiger partial charge in [-0.1, -0.05) is 133 Å². The standard InChI is InChI=1S/C50H30N2S/c1-2-11-31(12-3-1)34-22-26-45-41(28-34)37-15-6-8-18-43(37)51(45)36-24-25-38-42-30-46-49(40-17-10-20-47(50(40)42)53-48(38)29-36)39-16-7-9-19-44(39)52(46)35-23-21-32-13-4-5-14-33(32)27-35/h1-30H. The van der Waals surface area contributed by atoms with Gasteiger partial charge in [0, 0.05) is 48.1 Å². The highest BCUT2D eigenvalue weighted by atomic mass is 32.2. The third-order valence-corrected chi connectivity index (χ3v) is 12.4. The van der Waals surface area contributed by atoms with Crippen LogP contribution in [-0.4, -0.2) is 9.13 Å². The van der Waals surface area contributed by atoms with Gasteiger partial charge in [0.25, 0.3) is 0 Å². The zero-order valence-corrected chi connectivity index (χ0v) is 29.4. The lowest BCUT2D eigenvalue weighted by molar-refractivity contribution is 1.16. The Morgan fingerprint density at radius 2 is 1.00 bits per heavy atom. The first kappa shape index (κ1) is 29.1. The van der Waals surface area contributed by atoms with E-state index in [0.29, 0.717) is 0 Å². The SMILES string of the molecule is c1ccc(-c2ccc3c(c2)c2ccccc2n3-c2ccc3c(c2)Sc2cccc4c2c-3cc2c4c3ccccc3n2-c2ccc3ccccc3c2)cc1. The van der Waals surface area contributed by atoms with Crippen LogP contribution in [0.4, 0.5) is 0 Å². The second-order valence-electron chi connectivity index (χ2n) is 14.1. The van der Waals surface area contributed by atoms with E-state index in [1.165, 1.54) is 109 Å². The Hall–Kier alpha value is -6.55. The van der Waals surface area contributed by atoms with Crippen molar-refractivity contribution in [3.05, 3.63) is 182 Å². The fourth-order valence-corrected chi connectivity index (χ4v) is 10.1. The molecule has 0 amide bonds. The van der Waals surface area contributed by atoms with Crippen LogP contribution in [0, 0.1) is 0 Å². The molecule has 0 aliphatic carbocycles. The molecule has 0 fully saturated rings. The monoisotopic (exact) mass is 690 g/mol. The lowest BCUT2D eigenvalue weighted by Gasteiger charge is -2.22. The number of hydrogen-bond acceptors (Lipinski definition) is 1. The van der Waals surface area contributed by atoms with E-state index in [1.807, 2.05) is 11.8 Å². The van der Waals surface area contributed by atoms with E-state index in [9.17, 15) is 0 Å². The summed E-state index contributed by atoms with van der Waals surface area (Å²) < 4.78 is 4.91. The van der Waals surface area contributed by atoms with Crippen LogP contribution in [0.5, 0.6) is 0 Å². The van der Waals surface area contributed by atoms with Gasteiger partial charge in [0.1, 0.15) is 0 Å². The van der Waals surface area contributed by atoms with Crippen molar-refractivity contribution in [2.75, 3.05) is 0 Å². The number of benzene rings is 9. The van der Waals surface area contributed by atoms with E-state index in [4.69, 9.17) is 0 Å². The lowest BCUT2D eigenvalue weighted by Crippen LogP contribution is -1.99. The van der Waals surface area contributed by atoms with Gasteiger partial charge in [0.2, 0.25) is 0 Å². The molecule has 0 saturated heterocycles. The molecule has 12 rings (SSSR count). The topological polar surface area (TPSA) is 9.86 Å². The molecule has 1 aliphatic rings. The largest absolute Gasteiger partial charge is 0.309 e. The fourth-order valence-electron chi connectivity index (χ4n) is 8.93. The van der Waals surface area contributed by atoms with Gasteiger partial charge in [-0.15, -0.1) is 0 Å². The summed E-state index contributed by atoms with van der Waals surface area (Å²) >= 11 is 1.90. The maximum absolute atomic E-state index is 2.47. The van der Waals surface area contributed by atoms with Crippen molar-refractivity contribution < 1.29 is 0 Å². The molecule has 2 nitrogen and oxygen atoms in total. The second kappa shape index (κ2) is 11.0. The molecule has 53 heavy (non-hydrogen) atoms. The van der Waals surface area contributed by atoms with Crippen LogP contribution in [0.1, 0.15) is 0 Å². The highest BCUT2D eigenvalue weighted by Gasteiger charge is 2.25. The van der Waals surface area contributed by atoms with Crippen molar-refractivity contribution in [1.82, 2.24) is 9.13 Å².